The molecule has 0 aromatic heterocycles. The molecule has 1 unspecified atom stereocenters. The molecule has 0 fully saturated rings. The maximum absolute atomic E-state index is 9.81. The lowest BCUT2D eigenvalue weighted by Gasteiger charge is -2.27. The fraction of sp³-hybridized carbons (Fsp3) is 0.846. The number of carbonyl (C=O) groups is 1. The van der Waals surface area contributed by atoms with Gasteiger partial charge in [0.25, 0.3) is 0 Å². The first-order chi connectivity index (χ1) is 7.75. The van der Waals surface area contributed by atoms with E-state index in [4.69, 9.17) is 5.26 Å². The highest BCUT2D eigenvalue weighted by molar-refractivity contribution is 5.85. The normalized spacial score (nSPS) is 11.6. The van der Waals surface area contributed by atoms with Crippen molar-refractivity contribution in [2.24, 2.45) is 0 Å². The molecule has 0 aromatic carbocycles. The number of carbonyl (C=O) groups excluding carboxylic acids is 1. The van der Waals surface area contributed by atoms with Gasteiger partial charge < -0.3 is 10.1 Å². The summed E-state index contributed by atoms with van der Waals surface area (Å²) in [6, 6.07) is 2.25. The monoisotopic (exact) mass is 279 g/mol. The third kappa shape index (κ3) is 17.8. The van der Waals surface area contributed by atoms with Crippen LogP contribution in [0.2, 0.25) is 0 Å². The van der Waals surface area contributed by atoms with Crippen LogP contribution in [0.4, 0.5) is 0 Å². The maximum atomic E-state index is 9.81. The molecular weight excluding hydrogens is 250 g/mol. The Labute approximate surface area is 119 Å². The van der Waals surface area contributed by atoms with E-state index >= 15 is 0 Å². The van der Waals surface area contributed by atoms with Gasteiger partial charge in [0.15, 0.2) is 0 Å². The Hall–Kier alpha value is -0.630. The molecule has 0 aliphatic heterocycles. The lowest BCUT2D eigenvalue weighted by molar-refractivity contribution is -0.116. The van der Waals surface area contributed by atoms with E-state index in [0.717, 1.165) is 6.42 Å². The first kappa shape index (κ1) is 26.0. The zero-order valence-corrected chi connectivity index (χ0v) is 13.9. The van der Waals surface area contributed by atoms with Gasteiger partial charge in [-0.1, -0.05) is 13.8 Å². The number of Topliss-reactive ketones (excluding diaryl/α,β-unsaturated/α-hetero) is 1. The Morgan fingerprint density at radius 3 is 1.61 bits per heavy atom. The predicted octanol–water partition coefficient (Wildman–Crippen LogP) is 2.48. The van der Waals surface area contributed by atoms with Gasteiger partial charge in [0.1, 0.15) is 11.3 Å². The summed E-state index contributed by atoms with van der Waals surface area (Å²) in [6.45, 7) is 7.39. The number of nitrogens with zero attached hydrogens (tertiary/aromatic N) is 2. The first-order valence-electron chi connectivity index (χ1n) is 5.92. The highest BCUT2D eigenvalue weighted by Crippen LogP contribution is 2.13. The standard InChI is InChI=1S/C7H14N2.C4H8O.C2H7N.ClH/c1-5-7(2,6-8)9(3)4;1-3-4(2)5;1-3-2;/h5H2,1-4H3;3H2,1-2H3;3H,1-2H3;1H. The van der Waals surface area contributed by atoms with E-state index in [2.05, 4.69) is 11.4 Å². The highest BCUT2D eigenvalue weighted by Gasteiger charge is 2.22. The Morgan fingerprint density at radius 2 is 1.61 bits per heavy atom. The number of ketones is 1. The fourth-order valence-corrected chi connectivity index (χ4v) is 0.495. The van der Waals surface area contributed by atoms with E-state index in [1.807, 2.05) is 53.9 Å². The van der Waals surface area contributed by atoms with Crippen molar-refractivity contribution in [3.05, 3.63) is 0 Å². The first-order valence-corrected chi connectivity index (χ1v) is 5.92. The van der Waals surface area contributed by atoms with Crippen molar-refractivity contribution in [3.8, 4) is 6.07 Å². The van der Waals surface area contributed by atoms with Crippen LogP contribution in [-0.4, -0.2) is 44.4 Å². The Kier molecular flexibility index (Phi) is 23.7. The van der Waals surface area contributed by atoms with Crippen molar-refractivity contribution in [2.75, 3.05) is 28.2 Å². The van der Waals surface area contributed by atoms with Gasteiger partial charge in [-0.05, 0) is 48.5 Å². The van der Waals surface area contributed by atoms with Gasteiger partial charge in [0.05, 0.1) is 6.07 Å². The SMILES string of the molecule is CCC(C)(C#N)N(C)C.CCC(C)=O.CNC.Cl. The quantitative estimate of drug-likeness (QED) is 0.862. The van der Waals surface area contributed by atoms with Gasteiger partial charge in [-0.15, -0.1) is 12.4 Å². The molecule has 0 spiro atoms. The molecule has 0 heterocycles. The largest absolute Gasteiger partial charge is 0.323 e. The molecule has 0 aliphatic carbocycles. The molecule has 18 heavy (non-hydrogen) atoms. The molecule has 110 valence electrons. The van der Waals surface area contributed by atoms with E-state index < -0.39 is 0 Å². The van der Waals surface area contributed by atoms with Crippen LogP contribution in [0.25, 0.3) is 0 Å². The molecule has 0 radical (unpaired) electrons. The summed E-state index contributed by atoms with van der Waals surface area (Å²) in [5, 5.41) is 11.4. The highest BCUT2D eigenvalue weighted by atomic mass is 35.5. The van der Waals surface area contributed by atoms with Crippen LogP contribution >= 0.6 is 12.4 Å². The predicted molar refractivity (Wildman–Crippen MR) is 81.2 cm³/mol. The number of halogens is 1. The molecule has 1 atom stereocenters. The van der Waals surface area contributed by atoms with E-state index in [1.165, 1.54) is 0 Å². The minimum atomic E-state index is -0.278. The molecule has 1 N–H and O–H groups in total. The van der Waals surface area contributed by atoms with E-state index in [0.29, 0.717) is 6.42 Å². The molecule has 0 rings (SSSR count). The van der Waals surface area contributed by atoms with Crippen LogP contribution in [0.3, 0.4) is 0 Å². The van der Waals surface area contributed by atoms with Crippen LogP contribution in [0.15, 0.2) is 0 Å². The molecule has 0 amide bonds. The van der Waals surface area contributed by atoms with Gasteiger partial charge in [-0.25, -0.2) is 0 Å². The fourth-order valence-electron chi connectivity index (χ4n) is 0.495. The summed E-state index contributed by atoms with van der Waals surface area (Å²) in [4.78, 5) is 11.8. The van der Waals surface area contributed by atoms with Gasteiger partial charge in [-0.2, -0.15) is 5.26 Å². The van der Waals surface area contributed by atoms with Crippen molar-refractivity contribution in [3.63, 3.8) is 0 Å². The zero-order chi connectivity index (χ0) is 14.5. The van der Waals surface area contributed by atoms with Crippen LogP contribution in [0.1, 0.15) is 40.5 Å². The van der Waals surface area contributed by atoms with Crippen molar-refractivity contribution >= 4 is 18.2 Å². The van der Waals surface area contributed by atoms with Gasteiger partial charge in [0.2, 0.25) is 0 Å². The summed E-state index contributed by atoms with van der Waals surface area (Å²) in [7, 11) is 7.60. The van der Waals surface area contributed by atoms with Crippen molar-refractivity contribution in [1.82, 2.24) is 10.2 Å². The number of rotatable bonds is 3. The minimum absolute atomic E-state index is 0. The summed E-state index contributed by atoms with van der Waals surface area (Å²) >= 11 is 0. The van der Waals surface area contributed by atoms with E-state index in [9.17, 15) is 4.79 Å². The van der Waals surface area contributed by atoms with Crippen LogP contribution < -0.4 is 5.32 Å². The Bertz CT molecular complexity index is 227. The smallest absolute Gasteiger partial charge is 0.129 e. The lowest BCUT2D eigenvalue weighted by Crippen LogP contribution is -2.38. The third-order valence-electron chi connectivity index (χ3n) is 2.41. The van der Waals surface area contributed by atoms with Crippen molar-refractivity contribution < 1.29 is 4.79 Å². The van der Waals surface area contributed by atoms with Crippen molar-refractivity contribution in [1.29, 1.82) is 5.26 Å². The molecule has 0 bridgehead atoms. The number of nitrogens with one attached hydrogen (secondary N) is 1. The zero-order valence-electron chi connectivity index (χ0n) is 13.1. The van der Waals surface area contributed by atoms with Gasteiger partial charge in [0, 0.05) is 6.42 Å². The topological polar surface area (TPSA) is 56.1 Å². The van der Waals surface area contributed by atoms with Crippen LogP contribution in [0.5, 0.6) is 0 Å². The molecule has 4 nitrogen and oxygen atoms in total. The average molecular weight is 280 g/mol. The van der Waals surface area contributed by atoms with Crippen molar-refractivity contribution in [2.45, 2.75) is 46.1 Å². The Balaban J connectivity index is -0.0000000931. The molecular formula is C13H30ClN3O. The van der Waals surface area contributed by atoms with Gasteiger partial charge in [-0.3, -0.25) is 4.90 Å². The van der Waals surface area contributed by atoms with E-state index in [1.54, 1.807) is 6.92 Å². The summed E-state index contributed by atoms with van der Waals surface area (Å²) < 4.78 is 0. The second-order valence-electron chi connectivity index (χ2n) is 4.19. The second-order valence-corrected chi connectivity index (χ2v) is 4.19. The van der Waals surface area contributed by atoms with Crippen LogP contribution in [0, 0.1) is 11.3 Å². The summed E-state index contributed by atoms with van der Waals surface area (Å²) in [5.41, 5.74) is -0.278. The number of hydrogen-bond donors (Lipinski definition) is 1. The number of nitriles is 1. The molecule has 0 saturated heterocycles. The molecule has 0 saturated carbocycles. The Morgan fingerprint density at radius 1 is 1.33 bits per heavy atom. The maximum Gasteiger partial charge on any atom is 0.129 e. The van der Waals surface area contributed by atoms with E-state index in [-0.39, 0.29) is 23.7 Å². The second kappa shape index (κ2) is 16.4. The van der Waals surface area contributed by atoms with Gasteiger partial charge >= 0.3 is 0 Å². The summed E-state index contributed by atoms with van der Waals surface area (Å²) in [5.74, 6) is 0.255. The average Bonchev–Trinajstić information content (AvgIpc) is 2.29. The summed E-state index contributed by atoms with van der Waals surface area (Å²) in [6.07, 6.45) is 1.54. The molecule has 0 aliphatic rings. The molecule has 5 heteroatoms. The lowest BCUT2D eigenvalue weighted by atomic mass is 10.0. The minimum Gasteiger partial charge on any atom is -0.323 e. The van der Waals surface area contributed by atoms with Crippen LogP contribution in [-0.2, 0) is 4.79 Å². The number of hydrogen-bond acceptors (Lipinski definition) is 4. The molecule has 0 aromatic rings. The third-order valence-corrected chi connectivity index (χ3v) is 2.41.